The average molecular weight is 469 g/mol. The van der Waals surface area contributed by atoms with E-state index < -0.39 is 17.2 Å². The molecular formula is C25H26F2N4O3. The molecule has 3 heterocycles. The Morgan fingerprint density at radius 1 is 1.29 bits per heavy atom. The summed E-state index contributed by atoms with van der Waals surface area (Å²) in [5.74, 6) is -0.849. The summed E-state index contributed by atoms with van der Waals surface area (Å²) < 4.78 is 41.1. The summed E-state index contributed by atoms with van der Waals surface area (Å²) in [7, 11) is 0. The zero-order valence-corrected chi connectivity index (χ0v) is 19.3. The number of pyridine rings is 1. The molecule has 0 bridgehead atoms. The van der Waals surface area contributed by atoms with Gasteiger partial charge in [-0.05, 0) is 44.9 Å². The topological polar surface area (TPSA) is 95.7 Å². The van der Waals surface area contributed by atoms with Crippen LogP contribution in [0.5, 0.6) is 5.75 Å². The molecule has 178 valence electrons. The van der Waals surface area contributed by atoms with E-state index in [0.717, 1.165) is 6.42 Å². The van der Waals surface area contributed by atoms with Gasteiger partial charge in [-0.1, -0.05) is 13.0 Å². The van der Waals surface area contributed by atoms with Crippen LogP contribution in [0.4, 0.5) is 8.78 Å². The summed E-state index contributed by atoms with van der Waals surface area (Å²) in [4.78, 5) is 21.7. The molecule has 0 aliphatic rings. The van der Waals surface area contributed by atoms with E-state index in [4.69, 9.17) is 14.9 Å². The van der Waals surface area contributed by atoms with Crippen molar-refractivity contribution in [2.24, 2.45) is 5.73 Å². The first kappa shape index (κ1) is 23.6. The van der Waals surface area contributed by atoms with Crippen LogP contribution < -0.4 is 10.5 Å². The number of hydrogen-bond donors (Lipinski definition) is 1. The quantitative estimate of drug-likeness (QED) is 0.337. The first-order valence-electron chi connectivity index (χ1n) is 11.0. The third kappa shape index (κ3) is 4.70. The molecule has 0 aliphatic carbocycles. The number of ketones is 1. The molecule has 0 spiro atoms. The minimum atomic E-state index is -0.710. The molecular weight excluding hydrogens is 442 g/mol. The lowest BCUT2D eigenvalue weighted by molar-refractivity contribution is 0.0964. The minimum absolute atomic E-state index is 0.115. The van der Waals surface area contributed by atoms with Crippen LogP contribution in [0.1, 0.15) is 54.9 Å². The van der Waals surface area contributed by atoms with Gasteiger partial charge in [-0.3, -0.25) is 9.20 Å². The van der Waals surface area contributed by atoms with Crippen molar-refractivity contribution in [3.8, 4) is 17.1 Å². The first-order valence-corrected chi connectivity index (χ1v) is 11.0. The van der Waals surface area contributed by atoms with E-state index in [9.17, 15) is 13.6 Å². The fourth-order valence-corrected chi connectivity index (χ4v) is 3.68. The number of carbonyl (C=O) groups is 1. The minimum Gasteiger partial charge on any atom is -0.485 e. The van der Waals surface area contributed by atoms with Crippen molar-refractivity contribution in [1.82, 2.24) is 14.4 Å². The highest BCUT2D eigenvalue weighted by Gasteiger charge is 2.24. The second-order valence-electron chi connectivity index (χ2n) is 8.62. The van der Waals surface area contributed by atoms with Crippen LogP contribution in [-0.2, 0) is 6.61 Å². The molecule has 4 rings (SSSR count). The van der Waals surface area contributed by atoms with Crippen LogP contribution in [-0.4, -0.2) is 25.7 Å². The van der Waals surface area contributed by atoms with Crippen LogP contribution in [0.15, 0.2) is 47.5 Å². The molecule has 0 saturated carbocycles. The maximum Gasteiger partial charge on any atom is 0.181 e. The number of fused-ring (bicyclic) bond motifs is 1. The second-order valence-corrected chi connectivity index (χ2v) is 8.62. The van der Waals surface area contributed by atoms with Gasteiger partial charge in [0.1, 0.15) is 23.9 Å². The Kier molecular flexibility index (Phi) is 6.47. The molecule has 34 heavy (non-hydrogen) atoms. The van der Waals surface area contributed by atoms with Gasteiger partial charge < -0.3 is 14.9 Å². The third-order valence-electron chi connectivity index (χ3n) is 6.01. The van der Waals surface area contributed by atoms with Gasteiger partial charge in [-0.2, -0.15) is 0 Å². The smallest absolute Gasteiger partial charge is 0.181 e. The highest BCUT2D eigenvalue weighted by molar-refractivity contribution is 5.97. The third-order valence-corrected chi connectivity index (χ3v) is 6.01. The van der Waals surface area contributed by atoms with Crippen molar-refractivity contribution < 1.29 is 22.7 Å². The number of Topliss-reactive ketones (excluding diaryl/α,β-unsaturated/α-hetero) is 1. The summed E-state index contributed by atoms with van der Waals surface area (Å²) in [6.07, 6.45) is 6.03. The number of ether oxygens (including phenoxy) is 1. The van der Waals surface area contributed by atoms with Crippen LogP contribution in [0.3, 0.4) is 0 Å². The molecule has 7 nitrogen and oxygen atoms in total. The van der Waals surface area contributed by atoms with E-state index in [-0.39, 0.29) is 30.1 Å². The fourth-order valence-electron chi connectivity index (χ4n) is 3.68. The number of carbonyl (C=O) groups excluding carboxylic acids is 1. The number of nitrogens with two attached hydrogens (primary N) is 1. The number of halogens is 2. The van der Waals surface area contributed by atoms with Gasteiger partial charge in [0.25, 0.3) is 0 Å². The number of nitrogens with zero attached hydrogens (tertiary/aromatic N) is 3. The van der Waals surface area contributed by atoms with Crippen molar-refractivity contribution >= 4 is 11.4 Å². The number of benzene rings is 1. The zero-order valence-electron chi connectivity index (χ0n) is 19.3. The lowest BCUT2D eigenvalue weighted by atomic mass is 9.92. The number of hydrogen-bond acceptors (Lipinski definition) is 6. The Hall–Kier alpha value is -3.59. The monoisotopic (exact) mass is 468 g/mol. The second kappa shape index (κ2) is 9.34. The Morgan fingerprint density at radius 3 is 2.68 bits per heavy atom. The van der Waals surface area contributed by atoms with E-state index in [1.165, 1.54) is 30.8 Å². The van der Waals surface area contributed by atoms with Gasteiger partial charge in [-0.25, -0.2) is 18.7 Å². The van der Waals surface area contributed by atoms with Crippen molar-refractivity contribution in [2.75, 3.05) is 0 Å². The normalized spacial score (nSPS) is 13.2. The molecule has 0 aliphatic heterocycles. The maximum atomic E-state index is 14.1. The van der Waals surface area contributed by atoms with E-state index in [0.29, 0.717) is 34.8 Å². The molecule has 0 amide bonds. The molecule has 3 aromatic heterocycles. The predicted octanol–water partition coefficient (Wildman–Crippen LogP) is 5.25. The Bertz CT molecular complexity index is 1310. The summed E-state index contributed by atoms with van der Waals surface area (Å²) >= 11 is 0. The predicted molar refractivity (Wildman–Crippen MR) is 123 cm³/mol. The summed E-state index contributed by atoms with van der Waals surface area (Å²) in [6.45, 7) is 5.27. The summed E-state index contributed by atoms with van der Waals surface area (Å²) in [5.41, 5.74) is 7.40. The standard InChI is InChI=1S/C25H26F2N4O3/c1-4-25(3,28)9-8-20(32)23-15(2)30-24-21(33-13-17-18(26)6-5-7-19(17)27)10-16(12-31(23)24)22-11-29-14-34-22/h5-7,10-12,14H,4,8-9,13,28H2,1-3H3. The molecule has 1 atom stereocenters. The molecule has 1 aromatic carbocycles. The summed E-state index contributed by atoms with van der Waals surface area (Å²) in [5, 5.41) is 0. The lowest BCUT2D eigenvalue weighted by Gasteiger charge is -2.21. The molecule has 4 aromatic rings. The van der Waals surface area contributed by atoms with Gasteiger partial charge in [-0.15, -0.1) is 0 Å². The van der Waals surface area contributed by atoms with Crippen molar-refractivity contribution in [2.45, 2.75) is 52.2 Å². The van der Waals surface area contributed by atoms with Crippen molar-refractivity contribution in [3.05, 3.63) is 71.6 Å². The van der Waals surface area contributed by atoms with Gasteiger partial charge in [0.15, 0.2) is 29.3 Å². The number of aryl methyl sites for hydroxylation is 1. The maximum absolute atomic E-state index is 14.1. The van der Waals surface area contributed by atoms with Crippen molar-refractivity contribution in [3.63, 3.8) is 0 Å². The largest absolute Gasteiger partial charge is 0.485 e. The molecule has 0 radical (unpaired) electrons. The van der Waals surface area contributed by atoms with E-state index in [1.54, 1.807) is 23.6 Å². The number of aromatic nitrogens is 3. The van der Waals surface area contributed by atoms with E-state index >= 15 is 0 Å². The molecule has 2 N–H and O–H groups in total. The zero-order chi connectivity index (χ0) is 24.5. The number of rotatable bonds is 9. The van der Waals surface area contributed by atoms with Crippen LogP contribution >= 0.6 is 0 Å². The highest BCUT2D eigenvalue weighted by Crippen LogP contribution is 2.31. The number of oxazole rings is 1. The Morgan fingerprint density at radius 2 is 2.03 bits per heavy atom. The van der Waals surface area contributed by atoms with Crippen LogP contribution in [0, 0.1) is 18.6 Å². The molecule has 9 heteroatoms. The van der Waals surface area contributed by atoms with Gasteiger partial charge >= 0.3 is 0 Å². The summed E-state index contributed by atoms with van der Waals surface area (Å²) in [6, 6.07) is 5.27. The molecule has 1 unspecified atom stereocenters. The van der Waals surface area contributed by atoms with Crippen LogP contribution in [0.25, 0.3) is 17.0 Å². The molecule has 0 saturated heterocycles. The van der Waals surface area contributed by atoms with Gasteiger partial charge in [0.05, 0.1) is 17.5 Å². The highest BCUT2D eigenvalue weighted by atomic mass is 19.1. The van der Waals surface area contributed by atoms with Gasteiger partial charge in [0, 0.05) is 23.7 Å². The van der Waals surface area contributed by atoms with E-state index in [2.05, 4.69) is 9.97 Å². The fraction of sp³-hybridized carbons (Fsp3) is 0.320. The average Bonchev–Trinajstić information content (AvgIpc) is 3.45. The SMILES string of the molecule is CCC(C)(N)CCC(=O)c1c(C)nc2c(OCc3c(F)cccc3F)cc(-c3cnco3)cn12. The van der Waals surface area contributed by atoms with Crippen molar-refractivity contribution in [1.29, 1.82) is 0 Å². The van der Waals surface area contributed by atoms with Gasteiger partial charge in [0.2, 0.25) is 0 Å². The molecule has 0 fully saturated rings. The Balaban J connectivity index is 1.76. The first-order chi connectivity index (χ1) is 16.2. The lowest BCUT2D eigenvalue weighted by Crippen LogP contribution is -2.35. The number of imidazole rings is 1. The van der Waals surface area contributed by atoms with E-state index in [1.807, 2.05) is 13.8 Å². The van der Waals surface area contributed by atoms with Crippen LogP contribution in [0.2, 0.25) is 0 Å². The Labute approximate surface area is 195 Å².